The fourth-order valence-electron chi connectivity index (χ4n) is 1.48. The summed E-state index contributed by atoms with van der Waals surface area (Å²) in [5.41, 5.74) is 0.501. The number of carbonyl (C=O) groups is 1. The Hall–Kier alpha value is -1.59. The van der Waals surface area contributed by atoms with Crippen molar-refractivity contribution in [2.24, 2.45) is 0 Å². The second-order valence-corrected chi connectivity index (χ2v) is 5.31. The summed E-state index contributed by atoms with van der Waals surface area (Å²) in [5, 5.41) is 2.73. The second kappa shape index (κ2) is 5.37. The van der Waals surface area contributed by atoms with Gasteiger partial charge in [0.15, 0.2) is 0 Å². The molecule has 0 aromatic carbocycles. The molecule has 0 fully saturated rings. The smallest absolute Gasteiger partial charge is 0.265 e. The average molecular weight is 283 g/mol. The lowest BCUT2D eigenvalue weighted by Crippen LogP contribution is -2.19. The molecule has 0 spiro atoms. The van der Waals surface area contributed by atoms with E-state index in [0.717, 1.165) is 0 Å². The molecule has 1 N–H and O–H groups in total. The number of carbonyl (C=O) groups excluding carboxylic acids is 1. The van der Waals surface area contributed by atoms with Crippen LogP contribution in [0.4, 0.5) is 5.69 Å². The number of nitrogens with zero attached hydrogens (tertiary/aromatic N) is 1. The van der Waals surface area contributed by atoms with Crippen LogP contribution in [0.5, 0.6) is 0 Å². The monoisotopic (exact) mass is 282 g/mol. The van der Waals surface area contributed by atoms with Crippen LogP contribution in [0.25, 0.3) is 0 Å². The summed E-state index contributed by atoms with van der Waals surface area (Å²) >= 11 is 6.98. The van der Waals surface area contributed by atoms with Crippen LogP contribution in [0.1, 0.15) is 16.6 Å². The first-order valence-electron chi connectivity index (χ1n) is 5.37. The van der Waals surface area contributed by atoms with Crippen molar-refractivity contribution in [3.8, 4) is 0 Å². The summed E-state index contributed by atoms with van der Waals surface area (Å²) in [6, 6.07) is 6.36. The molecule has 2 aromatic rings. The van der Waals surface area contributed by atoms with Crippen molar-refractivity contribution >= 4 is 34.5 Å². The molecule has 6 heteroatoms. The Bertz CT molecular complexity index is 633. The van der Waals surface area contributed by atoms with Gasteiger partial charge in [0, 0.05) is 18.8 Å². The van der Waals surface area contributed by atoms with Gasteiger partial charge in [0.05, 0.1) is 14.9 Å². The number of thiophene rings is 1. The number of hydrogen-bond acceptors (Lipinski definition) is 3. The van der Waals surface area contributed by atoms with Crippen LogP contribution in [0.3, 0.4) is 0 Å². The van der Waals surface area contributed by atoms with Gasteiger partial charge in [-0.3, -0.25) is 9.59 Å². The largest absolute Gasteiger partial charge is 0.320 e. The Morgan fingerprint density at radius 2 is 2.17 bits per heavy atom. The van der Waals surface area contributed by atoms with Crippen molar-refractivity contribution < 1.29 is 4.79 Å². The van der Waals surface area contributed by atoms with Crippen LogP contribution >= 0.6 is 22.9 Å². The van der Waals surface area contributed by atoms with Crippen molar-refractivity contribution in [3.63, 3.8) is 0 Å². The first-order chi connectivity index (χ1) is 8.60. The molecule has 0 unspecified atom stereocenters. The van der Waals surface area contributed by atoms with Gasteiger partial charge in [0.25, 0.3) is 11.5 Å². The van der Waals surface area contributed by atoms with Crippen molar-refractivity contribution in [2.75, 3.05) is 5.32 Å². The molecule has 2 heterocycles. The van der Waals surface area contributed by atoms with Crippen LogP contribution in [0.2, 0.25) is 4.34 Å². The molecule has 2 rings (SSSR count). The van der Waals surface area contributed by atoms with Crippen LogP contribution in [-0.2, 0) is 6.54 Å². The molecule has 0 saturated carbocycles. The van der Waals surface area contributed by atoms with Gasteiger partial charge < -0.3 is 9.88 Å². The zero-order valence-corrected chi connectivity index (χ0v) is 11.2. The molecule has 0 saturated heterocycles. The van der Waals surface area contributed by atoms with E-state index in [0.29, 0.717) is 21.4 Å². The highest BCUT2D eigenvalue weighted by molar-refractivity contribution is 7.18. The third-order valence-electron chi connectivity index (χ3n) is 2.38. The summed E-state index contributed by atoms with van der Waals surface area (Å²) in [6.45, 7) is 2.43. The number of rotatable bonds is 3. The molecule has 0 aliphatic carbocycles. The molecule has 1 amide bonds. The fraction of sp³-hybridized carbons (Fsp3) is 0.167. The number of nitrogens with one attached hydrogen (secondary N) is 1. The Labute approximate surface area is 113 Å². The predicted molar refractivity (Wildman–Crippen MR) is 73.7 cm³/mol. The van der Waals surface area contributed by atoms with Gasteiger partial charge in [-0.1, -0.05) is 11.6 Å². The maximum atomic E-state index is 11.9. The number of anilines is 1. The topological polar surface area (TPSA) is 51.1 Å². The van der Waals surface area contributed by atoms with Crippen LogP contribution < -0.4 is 10.9 Å². The zero-order chi connectivity index (χ0) is 13.1. The summed E-state index contributed by atoms with van der Waals surface area (Å²) in [6.07, 6.45) is 1.62. The molecule has 0 aliphatic rings. The number of halogens is 1. The van der Waals surface area contributed by atoms with Gasteiger partial charge in [0.1, 0.15) is 0 Å². The highest BCUT2D eigenvalue weighted by Gasteiger charge is 2.09. The van der Waals surface area contributed by atoms with E-state index in [-0.39, 0.29) is 11.5 Å². The van der Waals surface area contributed by atoms with Crippen LogP contribution in [-0.4, -0.2) is 10.5 Å². The lowest BCUT2D eigenvalue weighted by atomic mass is 10.3. The van der Waals surface area contributed by atoms with E-state index in [1.165, 1.54) is 22.0 Å². The van der Waals surface area contributed by atoms with Gasteiger partial charge in [-0.2, -0.15) is 0 Å². The first-order valence-corrected chi connectivity index (χ1v) is 6.57. The normalized spacial score (nSPS) is 10.3. The molecular formula is C12H11ClN2O2S. The van der Waals surface area contributed by atoms with Gasteiger partial charge >= 0.3 is 0 Å². The Kier molecular flexibility index (Phi) is 3.84. The van der Waals surface area contributed by atoms with Gasteiger partial charge in [-0.25, -0.2) is 0 Å². The molecule has 0 aliphatic heterocycles. The number of aryl methyl sites for hydroxylation is 1. The highest BCUT2D eigenvalue weighted by Crippen LogP contribution is 2.22. The van der Waals surface area contributed by atoms with Crippen LogP contribution in [0.15, 0.2) is 35.3 Å². The molecule has 0 atom stereocenters. The standard InChI is InChI=1S/C12H11ClN2O2S/c1-2-15-7-8(3-6-11(15)16)14-12(17)9-4-5-10(13)18-9/h3-7H,2H2,1H3,(H,14,17). The number of pyridine rings is 1. The minimum atomic E-state index is -0.229. The van der Waals surface area contributed by atoms with E-state index < -0.39 is 0 Å². The Morgan fingerprint density at radius 1 is 1.39 bits per heavy atom. The summed E-state index contributed by atoms with van der Waals surface area (Å²) in [5.74, 6) is -0.229. The van der Waals surface area contributed by atoms with Gasteiger partial charge in [-0.15, -0.1) is 11.3 Å². The molecule has 0 radical (unpaired) electrons. The van der Waals surface area contributed by atoms with Crippen molar-refractivity contribution in [2.45, 2.75) is 13.5 Å². The Balaban J connectivity index is 2.19. The quantitative estimate of drug-likeness (QED) is 0.941. The number of hydrogen-bond donors (Lipinski definition) is 1. The van der Waals surface area contributed by atoms with Crippen molar-refractivity contribution in [1.82, 2.24) is 4.57 Å². The Morgan fingerprint density at radius 3 is 2.78 bits per heavy atom. The maximum Gasteiger partial charge on any atom is 0.265 e. The third-order valence-corrected chi connectivity index (χ3v) is 3.61. The molecule has 4 nitrogen and oxygen atoms in total. The van der Waals surface area contributed by atoms with E-state index in [1.807, 2.05) is 6.92 Å². The van der Waals surface area contributed by atoms with E-state index in [2.05, 4.69) is 5.32 Å². The molecule has 0 bridgehead atoms. The third kappa shape index (κ3) is 2.80. The summed E-state index contributed by atoms with van der Waals surface area (Å²) in [4.78, 5) is 23.8. The maximum absolute atomic E-state index is 11.9. The molecule has 94 valence electrons. The number of amides is 1. The highest BCUT2D eigenvalue weighted by atomic mass is 35.5. The zero-order valence-electron chi connectivity index (χ0n) is 9.64. The molecule has 18 heavy (non-hydrogen) atoms. The predicted octanol–water partition coefficient (Wildman–Crippen LogP) is 2.84. The lowest BCUT2D eigenvalue weighted by molar-refractivity contribution is 0.103. The van der Waals surface area contributed by atoms with E-state index in [4.69, 9.17) is 11.6 Å². The summed E-state index contributed by atoms with van der Waals surface area (Å²) < 4.78 is 2.09. The lowest BCUT2D eigenvalue weighted by Gasteiger charge is -2.06. The molecular weight excluding hydrogens is 272 g/mol. The fourth-order valence-corrected chi connectivity index (χ4v) is 2.42. The summed E-state index contributed by atoms with van der Waals surface area (Å²) in [7, 11) is 0. The van der Waals surface area contributed by atoms with E-state index >= 15 is 0 Å². The van der Waals surface area contributed by atoms with Crippen molar-refractivity contribution in [1.29, 1.82) is 0 Å². The first kappa shape index (κ1) is 12.9. The minimum Gasteiger partial charge on any atom is -0.320 e. The number of aromatic nitrogens is 1. The van der Waals surface area contributed by atoms with Gasteiger partial charge in [-0.05, 0) is 25.1 Å². The van der Waals surface area contributed by atoms with E-state index in [1.54, 1.807) is 24.4 Å². The second-order valence-electron chi connectivity index (χ2n) is 3.60. The SMILES string of the molecule is CCn1cc(NC(=O)c2ccc(Cl)s2)ccc1=O. The van der Waals surface area contributed by atoms with Crippen LogP contribution in [0, 0.1) is 0 Å². The van der Waals surface area contributed by atoms with E-state index in [9.17, 15) is 9.59 Å². The average Bonchev–Trinajstić information content (AvgIpc) is 2.78. The molecule has 2 aromatic heterocycles. The van der Waals surface area contributed by atoms with Gasteiger partial charge in [0.2, 0.25) is 0 Å². The van der Waals surface area contributed by atoms with Crippen molar-refractivity contribution in [3.05, 3.63) is 50.0 Å². The minimum absolute atomic E-state index is 0.0883.